The summed E-state index contributed by atoms with van der Waals surface area (Å²) in [5.41, 5.74) is 4.09. The first-order chi connectivity index (χ1) is 11.3. The molecule has 1 heterocycles. The largest absolute Gasteiger partial charge is 0.435 e. The summed E-state index contributed by atoms with van der Waals surface area (Å²) in [6.07, 6.45) is -4.80. The van der Waals surface area contributed by atoms with Crippen molar-refractivity contribution in [2.24, 2.45) is 0 Å². The minimum absolute atomic E-state index is 0.244. The Balaban J connectivity index is 2.31. The summed E-state index contributed by atoms with van der Waals surface area (Å²) in [5.74, 6) is -1.14. The van der Waals surface area contributed by atoms with Crippen molar-refractivity contribution in [2.45, 2.75) is 6.18 Å². The highest BCUT2D eigenvalue weighted by Gasteiger charge is 2.40. The summed E-state index contributed by atoms with van der Waals surface area (Å²) < 4.78 is 55.0. The third-order valence-electron chi connectivity index (χ3n) is 3.39. The number of benzene rings is 2. The first-order valence-electron chi connectivity index (χ1n) is 6.75. The van der Waals surface area contributed by atoms with E-state index in [0.29, 0.717) is 5.02 Å². The maximum absolute atomic E-state index is 14.0. The highest BCUT2D eigenvalue weighted by molar-refractivity contribution is 6.30. The van der Waals surface area contributed by atoms with Gasteiger partial charge in [-0.05, 0) is 24.3 Å². The van der Waals surface area contributed by atoms with Crippen molar-refractivity contribution in [1.29, 1.82) is 0 Å². The molecule has 0 aliphatic heterocycles. The lowest BCUT2D eigenvalue weighted by Crippen LogP contribution is -2.09. The van der Waals surface area contributed by atoms with Gasteiger partial charge in [-0.25, -0.2) is 9.07 Å². The fraction of sp³-hybridized carbons (Fsp3) is 0.0625. The lowest BCUT2D eigenvalue weighted by atomic mass is 10.0. The van der Waals surface area contributed by atoms with Crippen LogP contribution in [0.5, 0.6) is 0 Å². The number of aromatic nitrogens is 2. The Morgan fingerprint density at radius 1 is 1.04 bits per heavy atom. The smallest absolute Gasteiger partial charge is 0.383 e. The van der Waals surface area contributed by atoms with Gasteiger partial charge in [-0.3, -0.25) is 0 Å². The molecule has 2 N–H and O–H groups in total. The fourth-order valence-corrected chi connectivity index (χ4v) is 2.55. The van der Waals surface area contributed by atoms with Crippen LogP contribution >= 0.6 is 11.6 Å². The number of hydrogen-bond acceptors (Lipinski definition) is 2. The van der Waals surface area contributed by atoms with E-state index < -0.39 is 23.3 Å². The van der Waals surface area contributed by atoms with Gasteiger partial charge in [-0.1, -0.05) is 35.9 Å². The molecule has 0 saturated heterocycles. The van der Waals surface area contributed by atoms with Crippen LogP contribution in [0.15, 0.2) is 48.5 Å². The topological polar surface area (TPSA) is 43.8 Å². The summed E-state index contributed by atoms with van der Waals surface area (Å²) in [7, 11) is 0. The number of alkyl halides is 3. The molecular formula is C16H10ClF4N3. The van der Waals surface area contributed by atoms with Crippen molar-refractivity contribution in [3.05, 3.63) is 65.1 Å². The average molecular weight is 356 g/mol. The van der Waals surface area contributed by atoms with Gasteiger partial charge in [0.15, 0.2) is 5.69 Å². The Hall–Kier alpha value is -2.54. The van der Waals surface area contributed by atoms with Gasteiger partial charge in [0.1, 0.15) is 11.6 Å². The van der Waals surface area contributed by atoms with Crippen LogP contribution < -0.4 is 5.73 Å². The predicted molar refractivity (Wildman–Crippen MR) is 83.4 cm³/mol. The Kier molecular flexibility index (Phi) is 3.96. The van der Waals surface area contributed by atoms with Gasteiger partial charge in [-0.15, -0.1) is 0 Å². The monoisotopic (exact) mass is 355 g/mol. The minimum Gasteiger partial charge on any atom is -0.383 e. The molecule has 0 radical (unpaired) electrons. The summed E-state index contributed by atoms with van der Waals surface area (Å²) >= 11 is 5.86. The number of halogens is 5. The maximum Gasteiger partial charge on any atom is 0.435 e. The van der Waals surface area contributed by atoms with Gasteiger partial charge in [0, 0.05) is 10.6 Å². The van der Waals surface area contributed by atoms with Crippen LogP contribution in [-0.4, -0.2) is 9.78 Å². The maximum atomic E-state index is 14.0. The zero-order chi connectivity index (χ0) is 17.5. The number of nitrogens with zero attached hydrogens (tertiary/aromatic N) is 2. The molecule has 1 aromatic heterocycles. The van der Waals surface area contributed by atoms with Gasteiger partial charge in [0.25, 0.3) is 0 Å². The molecule has 2 aromatic carbocycles. The van der Waals surface area contributed by atoms with Crippen LogP contribution in [0.1, 0.15) is 5.69 Å². The number of nitrogen functional groups attached to an aromatic ring is 1. The first-order valence-corrected chi connectivity index (χ1v) is 7.13. The summed E-state index contributed by atoms with van der Waals surface area (Å²) in [6.45, 7) is 0. The van der Waals surface area contributed by atoms with Crippen molar-refractivity contribution >= 4 is 17.4 Å². The van der Waals surface area contributed by atoms with Gasteiger partial charge in [0.2, 0.25) is 0 Å². The fourth-order valence-electron chi connectivity index (χ4n) is 2.36. The molecule has 3 aromatic rings. The van der Waals surface area contributed by atoms with E-state index >= 15 is 0 Å². The molecule has 0 amide bonds. The SMILES string of the molecule is Nc1c(-c2ccccc2F)c(C(F)(F)F)nn1-c1cccc(Cl)c1. The Bertz CT molecular complexity index is 903. The summed E-state index contributed by atoms with van der Waals surface area (Å²) in [4.78, 5) is 0. The summed E-state index contributed by atoms with van der Waals surface area (Å²) in [5, 5.41) is 3.86. The van der Waals surface area contributed by atoms with Crippen molar-refractivity contribution in [3.63, 3.8) is 0 Å². The van der Waals surface area contributed by atoms with Gasteiger partial charge in [0.05, 0.1) is 11.3 Å². The molecule has 3 rings (SSSR count). The second kappa shape index (κ2) is 5.83. The van der Waals surface area contributed by atoms with Gasteiger partial charge in [-0.2, -0.15) is 18.3 Å². The molecule has 0 fully saturated rings. The predicted octanol–water partition coefficient (Wildman–Crippen LogP) is 4.93. The van der Waals surface area contributed by atoms with E-state index in [1.165, 1.54) is 30.3 Å². The Labute approximate surface area is 139 Å². The van der Waals surface area contributed by atoms with Gasteiger partial charge >= 0.3 is 6.18 Å². The molecular weight excluding hydrogens is 346 g/mol. The highest BCUT2D eigenvalue weighted by Crippen LogP contribution is 2.41. The van der Waals surface area contributed by atoms with E-state index in [-0.39, 0.29) is 17.1 Å². The first kappa shape index (κ1) is 16.3. The highest BCUT2D eigenvalue weighted by atomic mass is 35.5. The second-order valence-corrected chi connectivity index (χ2v) is 5.41. The quantitative estimate of drug-likeness (QED) is 0.662. The number of rotatable bonds is 2. The van der Waals surface area contributed by atoms with Crippen LogP contribution in [0.4, 0.5) is 23.4 Å². The van der Waals surface area contributed by atoms with Crippen molar-refractivity contribution < 1.29 is 17.6 Å². The molecule has 0 aliphatic carbocycles. The van der Waals surface area contributed by atoms with Crippen molar-refractivity contribution in [1.82, 2.24) is 9.78 Å². The van der Waals surface area contributed by atoms with Crippen LogP contribution in [0.2, 0.25) is 5.02 Å². The van der Waals surface area contributed by atoms with Crippen molar-refractivity contribution in [2.75, 3.05) is 5.73 Å². The lowest BCUT2D eigenvalue weighted by Gasteiger charge is -2.08. The lowest BCUT2D eigenvalue weighted by molar-refractivity contribution is -0.140. The van der Waals surface area contributed by atoms with Crippen molar-refractivity contribution in [3.8, 4) is 16.8 Å². The molecule has 0 atom stereocenters. The van der Waals surface area contributed by atoms with Crippen LogP contribution in [0, 0.1) is 5.82 Å². The number of anilines is 1. The molecule has 8 heteroatoms. The molecule has 0 bridgehead atoms. The normalized spacial score (nSPS) is 11.7. The zero-order valence-corrected chi connectivity index (χ0v) is 12.7. The van der Waals surface area contributed by atoms with E-state index in [1.807, 2.05) is 0 Å². The zero-order valence-electron chi connectivity index (χ0n) is 12.0. The minimum atomic E-state index is -4.80. The molecule has 124 valence electrons. The third-order valence-corrected chi connectivity index (χ3v) is 3.62. The van der Waals surface area contributed by atoms with Gasteiger partial charge < -0.3 is 5.73 Å². The molecule has 0 spiro atoms. The van der Waals surface area contributed by atoms with E-state index in [0.717, 1.165) is 10.7 Å². The third kappa shape index (κ3) is 2.82. The molecule has 24 heavy (non-hydrogen) atoms. The van der Waals surface area contributed by atoms with E-state index in [9.17, 15) is 17.6 Å². The van der Waals surface area contributed by atoms with Crippen LogP contribution in [0.3, 0.4) is 0 Å². The summed E-state index contributed by atoms with van der Waals surface area (Å²) in [6, 6.07) is 11.1. The second-order valence-electron chi connectivity index (χ2n) is 4.98. The number of hydrogen-bond donors (Lipinski definition) is 1. The molecule has 0 saturated carbocycles. The average Bonchev–Trinajstić information content (AvgIpc) is 2.85. The molecule has 0 unspecified atom stereocenters. The van der Waals surface area contributed by atoms with E-state index in [2.05, 4.69) is 5.10 Å². The van der Waals surface area contributed by atoms with E-state index in [1.54, 1.807) is 12.1 Å². The van der Waals surface area contributed by atoms with Crippen LogP contribution in [0.25, 0.3) is 16.8 Å². The molecule has 0 aliphatic rings. The Morgan fingerprint density at radius 3 is 2.38 bits per heavy atom. The van der Waals surface area contributed by atoms with Crippen LogP contribution in [-0.2, 0) is 6.18 Å². The standard InChI is InChI=1S/C16H10ClF4N3/c17-9-4-3-5-10(8-9)24-15(22)13(14(23-24)16(19,20)21)11-6-1-2-7-12(11)18/h1-8H,22H2. The van der Waals surface area contributed by atoms with E-state index in [4.69, 9.17) is 17.3 Å². The number of nitrogens with two attached hydrogens (primary N) is 1. The molecule has 3 nitrogen and oxygen atoms in total. The Morgan fingerprint density at radius 2 is 1.75 bits per heavy atom.